The van der Waals surface area contributed by atoms with Gasteiger partial charge in [0.15, 0.2) is 0 Å². The highest BCUT2D eigenvalue weighted by Gasteiger charge is 2.16. The Morgan fingerprint density at radius 1 is 1.11 bits per heavy atom. The van der Waals surface area contributed by atoms with Crippen LogP contribution in [-0.4, -0.2) is 18.0 Å². The third-order valence-electron chi connectivity index (χ3n) is 2.64. The highest BCUT2D eigenvalue weighted by molar-refractivity contribution is 7.86. The highest BCUT2D eigenvalue weighted by Crippen LogP contribution is 2.27. The standard InChI is InChI=1S/C13H13NO3S/c1-9-3-6-13(18(15,16)17)12(7-9)11-5-4-10(2)14-8-11/h3-8H,1-2H3,(H,15,16,17). The van der Waals surface area contributed by atoms with Crippen LogP contribution in [0.5, 0.6) is 0 Å². The molecule has 1 heterocycles. The Morgan fingerprint density at radius 3 is 2.39 bits per heavy atom. The predicted octanol–water partition coefficient (Wildman–Crippen LogP) is 2.61. The van der Waals surface area contributed by atoms with Gasteiger partial charge >= 0.3 is 0 Å². The number of rotatable bonds is 2. The second kappa shape index (κ2) is 4.51. The number of aryl methyl sites for hydroxylation is 2. The van der Waals surface area contributed by atoms with Crippen molar-refractivity contribution in [2.75, 3.05) is 0 Å². The summed E-state index contributed by atoms with van der Waals surface area (Å²) in [5.41, 5.74) is 2.89. The summed E-state index contributed by atoms with van der Waals surface area (Å²) in [4.78, 5) is 4.03. The van der Waals surface area contributed by atoms with E-state index in [1.807, 2.05) is 13.8 Å². The van der Waals surface area contributed by atoms with Crippen LogP contribution in [0.4, 0.5) is 0 Å². The van der Waals surface area contributed by atoms with Gasteiger partial charge in [-0.2, -0.15) is 8.42 Å². The summed E-state index contributed by atoms with van der Waals surface area (Å²) in [5, 5.41) is 0. The average Bonchev–Trinajstić information content (AvgIpc) is 2.28. The first kappa shape index (κ1) is 12.7. The molecule has 0 spiro atoms. The van der Waals surface area contributed by atoms with Crippen LogP contribution in [0.1, 0.15) is 11.3 Å². The van der Waals surface area contributed by atoms with E-state index >= 15 is 0 Å². The number of hydrogen-bond donors (Lipinski definition) is 1. The van der Waals surface area contributed by atoms with Crippen LogP contribution in [0.15, 0.2) is 41.4 Å². The summed E-state index contributed by atoms with van der Waals surface area (Å²) in [6.45, 7) is 3.71. The van der Waals surface area contributed by atoms with Gasteiger partial charge in [0.1, 0.15) is 4.90 Å². The Balaban J connectivity index is 2.69. The second-order valence-corrected chi connectivity index (χ2v) is 5.55. The summed E-state index contributed by atoms with van der Waals surface area (Å²) < 4.78 is 31.9. The number of hydrogen-bond acceptors (Lipinski definition) is 3. The van der Waals surface area contributed by atoms with E-state index in [9.17, 15) is 13.0 Å². The zero-order chi connectivity index (χ0) is 13.3. The van der Waals surface area contributed by atoms with Crippen molar-refractivity contribution in [1.82, 2.24) is 4.98 Å². The fourth-order valence-electron chi connectivity index (χ4n) is 1.72. The fourth-order valence-corrected chi connectivity index (χ4v) is 2.42. The van der Waals surface area contributed by atoms with Gasteiger partial charge in [-0.15, -0.1) is 0 Å². The predicted molar refractivity (Wildman–Crippen MR) is 69.0 cm³/mol. The van der Waals surface area contributed by atoms with Crippen molar-refractivity contribution >= 4 is 10.1 Å². The van der Waals surface area contributed by atoms with Crippen LogP contribution in [0.25, 0.3) is 11.1 Å². The zero-order valence-electron chi connectivity index (χ0n) is 10.1. The van der Waals surface area contributed by atoms with Crippen molar-refractivity contribution in [3.8, 4) is 11.1 Å². The lowest BCUT2D eigenvalue weighted by atomic mass is 10.1. The Morgan fingerprint density at radius 2 is 1.83 bits per heavy atom. The Hall–Kier alpha value is -1.72. The van der Waals surface area contributed by atoms with Crippen molar-refractivity contribution in [3.63, 3.8) is 0 Å². The summed E-state index contributed by atoms with van der Waals surface area (Å²) >= 11 is 0. The van der Waals surface area contributed by atoms with E-state index in [2.05, 4.69) is 4.98 Å². The van der Waals surface area contributed by atoms with Gasteiger partial charge in [0.05, 0.1) is 0 Å². The molecule has 0 unspecified atom stereocenters. The van der Waals surface area contributed by atoms with E-state index in [-0.39, 0.29) is 4.90 Å². The average molecular weight is 263 g/mol. The Bertz CT molecular complexity index is 676. The second-order valence-electron chi connectivity index (χ2n) is 4.16. The largest absolute Gasteiger partial charge is 0.295 e. The molecule has 0 atom stereocenters. The fraction of sp³-hybridized carbons (Fsp3) is 0.154. The molecule has 0 radical (unpaired) electrons. The third-order valence-corrected chi connectivity index (χ3v) is 3.55. The van der Waals surface area contributed by atoms with Gasteiger partial charge in [-0.25, -0.2) is 0 Å². The van der Waals surface area contributed by atoms with Gasteiger partial charge in [-0.3, -0.25) is 9.54 Å². The van der Waals surface area contributed by atoms with Crippen molar-refractivity contribution in [3.05, 3.63) is 47.8 Å². The van der Waals surface area contributed by atoms with Crippen molar-refractivity contribution in [2.24, 2.45) is 0 Å². The molecular weight excluding hydrogens is 250 g/mol. The van der Waals surface area contributed by atoms with Gasteiger partial charge in [0.2, 0.25) is 0 Å². The van der Waals surface area contributed by atoms with Gasteiger partial charge in [-0.1, -0.05) is 17.7 Å². The van der Waals surface area contributed by atoms with Crippen LogP contribution in [0, 0.1) is 13.8 Å². The Labute approximate surface area is 106 Å². The molecule has 0 aliphatic heterocycles. The molecule has 4 nitrogen and oxygen atoms in total. The molecule has 0 fully saturated rings. The molecule has 2 rings (SSSR count). The number of benzene rings is 1. The third kappa shape index (κ3) is 2.57. The van der Waals surface area contributed by atoms with Crippen LogP contribution in [-0.2, 0) is 10.1 Å². The highest BCUT2D eigenvalue weighted by atomic mass is 32.2. The molecule has 0 amide bonds. The maximum atomic E-state index is 11.3. The van der Waals surface area contributed by atoms with E-state index in [1.165, 1.54) is 6.07 Å². The van der Waals surface area contributed by atoms with E-state index in [0.717, 1.165) is 11.3 Å². The summed E-state index contributed by atoms with van der Waals surface area (Å²) in [7, 11) is -4.24. The number of nitrogens with zero attached hydrogens (tertiary/aromatic N) is 1. The van der Waals surface area contributed by atoms with Crippen LogP contribution < -0.4 is 0 Å². The first-order valence-corrected chi connectivity index (χ1v) is 6.83. The van der Waals surface area contributed by atoms with E-state index in [1.54, 1.807) is 30.5 Å². The number of aromatic nitrogens is 1. The molecule has 1 aromatic heterocycles. The lowest BCUT2D eigenvalue weighted by Crippen LogP contribution is -2.01. The minimum Gasteiger partial charge on any atom is -0.282 e. The SMILES string of the molecule is Cc1ccc(S(=O)(=O)O)c(-c2ccc(C)nc2)c1. The van der Waals surface area contributed by atoms with Crippen LogP contribution >= 0.6 is 0 Å². The zero-order valence-corrected chi connectivity index (χ0v) is 10.9. The molecule has 0 aliphatic rings. The molecule has 2 aromatic rings. The summed E-state index contributed by atoms with van der Waals surface area (Å²) in [5.74, 6) is 0. The quantitative estimate of drug-likeness (QED) is 0.846. The topological polar surface area (TPSA) is 67.3 Å². The molecule has 5 heteroatoms. The first-order valence-electron chi connectivity index (χ1n) is 5.39. The smallest absolute Gasteiger partial charge is 0.282 e. The monoisotopic (exact) mass is 263 g/mol. The van der Waals surface area contributed by atoms with Crippen molar-refractivity contribution in [2.45, 2.75) is 18.7 Å². The number of pyridine rings is 1. The lowest BCUT2D eigenvalue weighted by Gasteiger charge is -2.08. The summed E-state index contributed by atoms with van der Waals surface area (Å²) in [6, 6.07) is 8.35. The molecule has 1 aromatic carbocycles. The molecule has 1 N–H and O–H groups in total. The minimum atomic E-state index is -4.24. The summed E-state index contributed by atoms with van der Waals surface area (Å²) in [6.07, 6.45) is 1.60. The molecule has 0 saturated heterocycles. The van der Waals surface area contributed by atoms with E-state index in [0.29, 0.717) is 11.1 Å². The molecule has 0 aliphatic carbocycles. The maximum absolute atomic E-state index is 11.3. The van der Waals surface area contributed by atoms with Crippen molar-refractivity contribution < 1.29 is 13.0 Å². The van der Waals surface area contributed by atoms with Gasteiger partial charge in [0, 0.05) is 23.0 Å². The van der Waals surface area contributed by atoms with Gasteiger partial charge in [0.25, 0.3) is 10.1 Å². The van der Waals surface area contributed by atoms with Crippen molar-refractivity contribution in [1.29, 1.82) is 0 Å². The van der Waals surface area contributed by atoms with Crippen LogP contribution in [0.3, 0.4) is 0 Å². The molecule has 0 bridgehead atoms. The minimum absolute atomic E-state index is 0.0984. The van der Waals surface area contributed by atoms with E-state index < -0.39 is 10.1 Å². The van der Waals surface area contributed by atoms with Crippen LogP contribution in [0.2, 0.25) is 0 Å². The first-order chi connectivity index (χ1) is 8.38. The lowest BCUT2D eigenvalue weighted by molar-refractivity contribution is 0.483. The van der Waals surface area contributed by atoms with Gasteiger partial charge in [-0.05, 0) is 32.0 Å². The Kier molecular flexibility index (Phi) is 3.19. The molecular formula is C13H13NO3S. The molecule has 18 heavy (non-hydrogen) atoms. The molecule has 94 valence electrons. The maximum Gasteiger partial charge on any atom is 0.295 e. The van der Waals surface area contributed by atoms with Gasteiger partial charge < -0.3 is 0 Å². The van der Waals surface area contributed by atoms with E-state index in [4.69, 9.17) is 0 Å². The normalized spacial score (nSPS) is 11.5. The molecule has 0 saturated carbocycles.